The second kappa shape index (κ2) is 4.84. The highest BCUT2D eigenvalue weighted by molar-refractivity contribution is 6.14. The third-order valence-corrected chi connectivity index (χ3v) is 3.01. The van der Waals surface area contributed by atoms with Gasteiger partial charge in [-0.2, -0.15) is 10.1 Å². The molecule has 2 rings (SSSR count). The molecule has 0 saturated heterocycles. The Hall–Kier alpha value is -1.78. The van der Waals surface area contributed by atoms with Crippen molar-refractivity contribution in [2.75, 3.05) is 5.01 Å². The van der Waals surface area contributed by atoms with Gasteiger partial charge in [-0.25, -0.2) is 9.97 Å². The van der Waals surface area contributed by atoms with Crippen LogP contribution in [0.4, 0.5) is 5.95 Å². The summed E-state index contributed by atoms with van der Waals surface area (Å²) in [6, 6.07) is 1.88. The van der Waals surface area contributed by atoms with Gasteiger partial charge in [0.15, 0.2) is 0 Å². The normalized spacial score (nSPS) is 19.3. The van der Waals surface area contributed by atoms with Gasteiger partial charge < -0.3 is 0 Å². The lowest BCUT2D eigenvalue weighted by Crippen LogP contribution is -2.28. The van der Waals surface area contributed by atoms with Crippen molar-refractivity contribution in [2.24, 2.45) is 11.0 Å². The first-order chi connectivity index (χ1) is 8.52. The first-order valence-electron chi connectivity index (χ1n) is 6.24. The summed E-state index contributed by atoms with van der Waals surface area (Å²) < 4.78 is 0. The molecule has 2 heterocycles. The van der Waals surface area contributed by atoms with Crippen molar-refractivity contribution in [3.05, 3.63) is 17.5 Å². The maximum absolute atomic E-state index is 12.3. The fourth-order valence-electron chi connectivity index (χ4n) is 2.17. The number of nitrogens with zero attached hydrogens (tertiary/aromatic N) is 4. The Labute approximate surface area is 107 Å². The topological polar surface area (TPSA) is 58.5 Å². The van der Waals surface area contributed by atoms with Gasteiger partial charge in [0.2, 0.25) is 0 Å². The minimum Gasteiger partial charge on any atom is -0.272 e. The van der Waals surface area contributed by atoms with E-state index in [4.69, 9.17) is 0 Å². The molecule has 0 aliphatic carbocycles. The molecule has 1 atom stereocenters. The number of aryl methyl sites for hydroxylation is 2. The average molecular weight is 246 g/mol. The lowest BCUT2D eigenvalue weighted by atomic mass is 9.99. The number of amides is 1. The van der Waals surface area contributed by atoms with Crippen LogP contribution in [0.15, 0.2) is 11.2 Å². The molecule has 5 nitrogen and oxygen atoms in total. The smallest absolute Gasteiger partial charge is 0.258 e. The van der Waals surface area contributed by atoms with E-state index in [0.717, 1.165) is 29.9 Å². The van der Waals surface area contributed by atoms with E-state index < -0.39 is 0 Å². The van der Waals surface area contributed by atoms with Crippen molar-refractivity contribution in [2.45, 2.75) is 40.5 Å². The molecular weight excluding hydrogens is 228 g/mol. The Morgan fingerprint density at radius 1 is 1.22 bits per heavy atom. The van der Waals surface area contributed by atoms with Crippen molar-refractivity contribution in [1.82, 2.24) is 9.97 Å². The quantitative estimate of drug-likeness (QED) is 0.821. The molecule has 18 heavy (non-hydrogen) atoms. The number of carbonyl (C=O) groups is 1. The van der Waals surface area contributed by atoms with Crippen LogP contribution in [0.5, 0.6) is 0 Å². The summed E-state index contributed by atoms with van der Waals surface area (Å²) in [5, 5.41) is 5.64. The van der Waals surface area contributed by atoms with E-state index in [-0.39, 0.29) is 11.8 Å². The third kappa shape index (κ3) is 2.25. The van der Waals surface area contributed by atoms with Crippen molar-refractivity contribution >= 4 is 17.6 Å². The van der Waals surface area contributed by atoms with Crippen LogP contribution in [-0.2, 0) is 4.79 Å². The number of anilines is 1. The zero-order valence-electron chi connectivity index (χ0n) is 11.3. The molecule has 1 unspecified atom stereocenters. The molecule has 1 aromatic rings. The molecule has 0 saturated carbocycles. The van der Waals surface area contributed by atoms with Crippen molar-refractivity contribution in [3.63, 3.8) is 0 Å². The maximum atomic E-state index is 12.3. The van der Waals surface area contributed by atoms with Gasteiger partial charge in [0.25, 0.3) is 11.9 Å². The van der Waals surface area contributed by atoms with Crippen LogP contribution in [-0.4, -0.2) is 21.6 Å². The largest absolute Gasteiger partial charge is 0.272 e. The summed E-state index contributed by atoms with van der Waals surface area (Å²) >= 11 is 0. The van der Waals surface area contributed by atoms with Crippen molar-refractivity contribution < 1.29 is 4.79 Å². The predicted octanol–water partition coefficient (Wildman–Crippen LogP) is 2.23. The average Bonchev–Trinajstić information content (AvgIpc) is 2.56. The van der Waals surface area contributed by atoms with E-state index in [2.05, 4.69) is 22.0 Å². The number of hydrazone groups is 1. The first-order valence-corrected chi connectivity index (χ1v) is 6.24. The van der Waals surface area contributed by atoms with Gasteiger partial charge in [-0.3, -0.25) is 4.79 Å². The van der Waals surface area contributed by atoms with Crippen molar-refractivity contribution in [1.29, 1.82) is 0 Å². The highest BCUT2D eigenvalue weighted by Gasteiger charge is 2.35. The molecule has 5 heteroatoms. The summed E-state index contributed by atoms with van der Waals surface area (Å²) in [7, 11) is 0. The number of aromatic nitrogens is 2. The Morgan fingerprint density at radius 3 is 2.39 bits per heavy atom. The van der Waals surface area contributed by atoms with E-state index in [1.807, 2.05) is 26.8 Å². The molecule has 0 N–H and O–H groups in total. The van der Waals surface area contributed by atoms with Crippen LogP contribution in [0.3, 0.4) is 0 Å². The van der Waals surface area contributed by atoms with Crippen LogP contribution < -0.4 is 5.01 Å². The van der Waals surface area contributed by atoms with Gasteiger partial charge >= 0.3 is 0 Å². The summed E-state index contributed by atoms with van der Waals surface area (Å²) in [5.41, 5.74) is 2.54. The summed E-state index contributed by atoms with van der Waals surface area (Å²) in [4.78, 5) is 20.8. The Balaban J connectivity index is 2.33. The van der Waals surface area contributed by atoms with Gasteiger partial charge in [-0.1, -0.05) is 13.3 Å². The van der Waals surface area contributed by atoms with E-state index in [9.17, 15) is 4.79 Å². The monoisotopic (exact) mass is 246 g/mol. The van der Waals surface area contributed by atoms with E-state index in [1.165, 1.54) is 5.01 Å². The molecule has 0 aromatic carbocycles. The number of rotatable bonds is 3. The Bertz CT molecular complexity index is 489. The first kappa shape index (κ1) is 12.7. The van der Waals surface area contributed by atoms with Gasteiger partial charge in [-0.15, -0.1) is 0 Å². The van der Waals surface area contributed by atoms with Gasteiger partial charge in [0.1, 0.15) is 0 Å². The molecule has 1 aliphatic rings. The molecule has 0 fully saturated rings. The van der Waals surface area contributed by atoms with E-state index in [0.29, 0.717) is 5.95 Å². The van der Waals surface area contributed by atoms with E-state index in [1.54, 1.807) is 0 Å². The minimum atomic E-state index is -0.112. The molecule has 0 spiro atoms. The van der Waals surface area contributed by atoms with Crippen LogP contribution in [0.1, 0.15) is 38.1 Å². The Kier molecular flexibility index (Phi) is 3.41. The summed E-state index contributed by atoms with van der Waals surface area (Å²) in [5.74, 6) is 0.259. The molecular formula is C13H18N4O. The lowest BCUT2D eigenvalue weighted by Gasteiger charge is -2.12. The van der Waals surface area contributed by atoms with Crippen molar-refractivity contribution in [3.8, 4) is 0 Å². The van der Waals surface area contributed by atoms with Crippen LogP contribution >= 0.6 is 0 Å². The second-order valence-corrected chi connectivity index (χ2v) is 4.68. The summed E-state index contributed by atoms with van der Waals surface area (Å²) in [6.07, 6.45) is 1.79. The fourth-order valence-corrected chi connectivity index (χ4v) is 2.17. The van der Waals surface area contributed by atoms with Gasteiger partial charge in [0.05, 0.1) is 5.92 Å². The number of hydrogen-bond acceptors (Lipinski definition) is 4. The minimum absolute atomic E-state index is 0.0145. The number of hydrogen-bond donors (Lipinski definition) is 0. The zero-order valence-corrected chi connectivity index (χ0v) is 11.3. The lowest BCUT2D eigenvalue weighted by molar-refractivity contribution is -0.120. The Morgan fingerprint density at radius 2 is 1.83 bits per heavy atom. The molecule has 0 radical (unpaired) electrons. The molecule has 96 valence electrons. The highest BCUT2D eigenvalue weighted by Crippen LogP contribution is 2.24. The molecule has 1 aromatic heterocycles. The fraction of sp³-hybridized carbons (Fsp3) is 0.538. The third-order valence-electron chi connectivity index (χ3n) is 3.01. The molecule has 1 aliphatic heterocycles. The molecule has 1 amide bonds. The van der Waals surface area contributed by atoms with Gasteiger partial charge in [0, 0.05) is 17.1 Å². The second-order valence-electron chi connectivity index (χ2n) is 4.68. The molecule has 0 bridgehead atoms. The van der Waals surface area contributed by atoms with Crippen LogP contribution in [0.2, 0.25) is 0 Å². The van der Waals surface area contributed by atoms with Gasteiger partial charge in [-0.05, 0) is 33.3 Å². The van der Waals surface area contributed by atoms with Crippen LogP contribution in [0.25, 0.3) is 0 Å². The summed E-state index contributed by atoms with van der Waals surface area (Å²) in [6.45, 7) is 7.73. The zero-order chi connectivity index (χ0) is 13.3. The standard InChI is InChI=1S/C13H18N4O/c1-5-6-11-10(4)16-17(12(11)18)13-14-8(2)7-9(3)15-13/h7,11H,5-6H2,1-4H3. The SMILES string of the molecule is CCCC1C(=O)N(c2nc(C)cc(C)n2)N=C1C. The number of carbonyl (C=O) groups excluding carboxylic acids is 1. The highest BCUT2D eigenvalue weighted by atomic mass is 16.2. The maximum Gasteiger partial charge on any atom is 0.258 e. The van der Waals surface area contributed by atoms with E-state index >= 15 is 0 Å². The predicted molar refractivity (Wildman–Crippen MR) is 70.5 cm³/mol. The van der Waals surface area contributed by atoms with Crippen LogP contribution in [0, 0.1) is 19.8 Å².